The molecule has 0 amide bonds. The zero-order valence-corrected chi connectivity index (χ0v) is 22.6. The fourth-order valence-corrected chi connectivity index (χ4v) is 6.88. The van der Waals surface area contributed by atoms with Crippen molar-refractivity contribution in [2.24, 2.45) is 0 Å². The molecule has 0 unspecified atom stereocenters. The van der Waals surface area contributed by atoms with Crippen LogP contribution < -0.4 is 0 Å². The Kier molecular flexibility index (Phi) is 6.51. The van der Waals surface area contributed by atoms with Crippen LogP contribution in [0.2, 0.25) is 0 Å². The third-order valence-electron chi connectivity index (χ3n) is 7.33. The Balaban J connectivity index is 1.40. The summed E-state index contributed by atoms with van der Waals surface area (Å²) in [6.07, 6.45) is 5.34. The van der Waals surface area contributed by atoms with Gasteiger partial charge in [-0.25, -0.2) is 22.4 Å². The van der Waals surface area contributed by atoms with E-state index in [1.807, 2.05) is 26.2 Å². The lowest BCUT2D eigenvalue weighted by molar-refractivity contribution is 0.178. The number of imidazole rings is 1. The highest BCUT2D eigenvalue weighted by Crippen LogP contribution is 2.34. The molecule has 3 aromatic heterocycles. The van der Waals surface area contributed by atoms with Gasteiger partial charge in [0, 0.05) is 37.3 Å². The van der Waals surface area contributed by atoms with E-state index in [9.17, 15) is 8.42 Å². The van der Waals surface area contributed by atoms with Crippen molar-refractivity contribution in [3.05, 3.63) is 90.5 Å². The predicted octanol–water partition coefficient (Wildman–Crippen LogP) is 4.52. The van der Waals surface area contributed by atoms with E-state index in [1.54, 1.807) is 36.7 Å². The first-order chi connectivity index (χ1) is 18.4. The van der Waals surface area contributed by atoms with Gasteiger partial charge in [0.15, 0.2) is 5.65 Å². The van der Waals surface area contributed by atoms with Crippen molar-refractivity contribution >= 4 is 32.1 Å². The van der Waals surface area contributed by atoms with Gasteiger partial charge in [0.05, 0.1) is 23.2 Å². The van der Waals surface area contributed by atoms with Crippen LogP contribution in [0.4, 0.5) is 0 Å². The molecule has 4 heterocycles. The van der Waals surface area contributed by atoms with Crippen molar-refractivity contribution in [1.82, 2.24) is 28.3 Å². The molecule has 0 spiro atoms. The van der Waals surface area contributed by atoms with Gasteiger partial charge in [0.1, 0.15) is 11.3 Å². The number of likely N-dealkylation sites (tertiary alicyclic amines) is 1. The Bertz CT molecular complexity index is 1670. The van der Waals surface area contributed by atoms with E-state index < -0.39 is 10.0 Å². The molecule has 0 saturated carbocycles. The summed E-state index contributed by atoms with van der Waals surface area (Å²) in [5.74, 6) is 0.986. The van der Waals surface area contributed by atoms with E-state index in [2.05, 4.69) is 49.7 Å². The maximum Gasteiger partial charge on any atom is 0.269 e. The summed E-state index contributed by atoms with van der Waals surface area (Å²) < 4.78 is 30.6. The molecule has 38 heavy (non-hydrogen) atoms. The first-order valence-electron chi connectivity index (χ1n) is 13.0. The highest BCUT2D eigenvalue weighted by molar-refractivity contribution is 7.90. The standard InChI is InChI=1S/C29H32N6O2S/c1-32(2)21-27-31-26-19-30-29-25(15-18-34(29)38(36,37)24-11-7-4-8-12-24)28(26)35(27)23-13-16-33(17-14-23)20-22-9-5-3-6-10-22/h3-12,15,18-19,23H,13-14,16-17,20-21H2,1-2H3. The number of piperidine rings is 1. The molecular formula is C29H32N6O2S. The third kappa shape index (κ3) is 4.51. The average Bonchev–Trinajstić information content (AvgIpc) is 3.52. The number of nitrogens with zero attached hydrogens (tertiary/aromatic N) is 6. The van der Waals surface area contributed by atoms with Crippen molar-refractivity contribution in [2.45, 2.75) is 36.9 Å². The van der Waals surface area contributed by atoms with Gasteiger partial charge < -0.3 is 9.47 Å². The summed E-state index contributed by atoms with van der Waals surface area (Å²) in [7, 11) is 0.321. The van der Waals surface area contributed by atoms with Crippen LogP contribution in [-0.4, -0.2) is 63.9 Å². The van der Waals surface area contributed by atoms with E-state index in [1.165, 1.54) is 9.54 Å². The highest BCUT2D eigenvalue weighted by atomic mass is 32.2. The predicted molar refractivity (Wildman–Crippen MR) is 149 cm³/mol. The number of rotatable bonds is 7. The Morgan fingerprint density at radius 1 is 0.947 bits per heavy atom. The lowest BCUT2D eigenvalue weighted by Gasteiger charge is -2.34. The molecule has 196 valence electrons. The monoisotopic (exact) mass is 528 g/mol. The van der Waals surface area contributed by atoms with Gasteiger partial charge in [-0.1, -0.05) is 48.5 Å². The van der Waals surface area contributed by atoms with Crippen molar-refractivity contribution in [2.75, 3.05) is 27.2 Å². The summed E-state index contributed by atoms with van der Waals surface area (Å²) in [4.78, 5) is 14.4. The van der Waals surface area contributed by atoms with Crippen LogP contribution in [0, 0.1) is 0 Å². The van der Waals surface area contributed by atoms with Gasteiger partial charge in [0.2, 0.25) is 0 Å². The molecule has 8 nitrogen and oxygen atoms in total. The normalized spacial score (nSPS) is 15.7. The van der Waals surface area contributed by atoms with E-state index in [4.69, 9.17) is 4.98 Å². The number of aromatic nitrogens is 4. The second-order valence-corrected chi connectivity index (χ2v) is 12.1. The third-order valence-corrected chi connectivity index (χ3v) is 9.01. The van der Waals surface area contributed by atoms with Gasteiger partial charge in [-0.3, -0.25) is 4.90 Å². The number of hydrogen-bond donors (Lipinski definition) is 0. The lowest BCUT2D eigenvalue weighted by Crippen LogP contribution is -2.35. The molecular weight excluding hydrogens is 496 g/mol. The minimum absolute atomic E-state index is 0.243. The van der Waals surface area contributed by atoms with Crippen LogP contribution in [0.1, 0.15) is 30.3 Å². The summed E-state index contributed by atoms with van der Waals surface area (Å²) in [5.41, 5.74) is 3.53. The van der Waals surface area contributed by atoms with Crippen LogP contribution in [0.15, 0.2) is 84.0 Å². The summed E-state index contributed by atoms with van der Waals surface area (Å²) in [5, 5.41) is 0.811. The van der Waals surface area contributed by atoms with Gasteiger partial charge in [-0.15, -0.1) is 0 Å². The molecule has 0 atom stereocenters. The van der Waals surface area contributed by atoms with Gasteiger partial charge in [0.25, 0.3) is 10.0 Å². The lowest BCUT2D eigenvalue weighted by atomic mass is 10.0. The molecule has 0 radical (unpaired) electrons. The van der Waals surface area contributed by atoms with Crippen LogP contribution in [-0.2, 0) is 23.1 Å². The fourth-order valence-electron chi connectivity index (χ4n) is 5.56. The molecule has 1 aliphatic heterocycles. The minimum Gasteiger partial charge on any atom is -0.323 e. The van der Waals surface area contributed by atoms with Crippen molar-refractivity contribution < 1.29 is 8.42 Å². The topological polar surface area (TPSA) is 76.3 Å². The molecule has 0 bridgehead atoms. The van der Waals surface area contributed by atoms with Crippen molar-refractivity contribution in [3.8, 4) is 0 Å². The van der Waals surface area contributed by atoms with E-state index in [0.717, 1.165) is 54.7 Å². The molecule has 6 rings (SSSR count). The molecule has 0 aliphatic carbocycles. The van der Waals surface area contributed by atoms with Crippen LogP contribution in [0.5, 0.6) is 0 Å². The van der Waals surface area contributed by atoms with Crippen LogP contribution in [0.25, 0.3) is 22.1 Å². The number of fused-ring (bicyclic) bond motifs is 3. The van der Waals surface area contributed by atoms with E-state index in [-0.39, 0.29) is 10.9 Å². The SMILES string of the molecule is CN(C)Cc1nc2cnc3c(ccn3S(=O)(=O)c3ccccc3)c2n1C1CCN(Cc2ccccc2)CC1. The van der Waals surface area contributed by atoms with E-state index >= 15 is 0 Å². The first-order valence-corrected chi connectivity index (χ1v) is 14.4. The minimum atomic E-state index is -3.77. The van der Waals surface area contributed by atoms with Crippen molar-refractivity contribution in [1.29, 1.82) is 0 Å². The van der Waals surface area contributed by atoms with E-state index in [0.29, 0.717) is 12.2 Å². The first kappa shape index (κ1) is 24.8. The van der Waals surface area contributed by atoms with Crippen LogP contribution in [0.3, 0.4) is 0 Å². The molecule has 9 heteroatoms. The Hall–Kier alpha value is -3.53. The molecule has 1 saturated heterocycles. The molecule has 5 aromatic rings. The van der Waals surface area contributed by atoms with Crippen molar-refractivity contribution in [3.63, 3.8) is 0 Å². The Morgan fingerprint density at radius 2 is 1.63 bits per heavy atom. The maximum absolute atomic E-state index is 13.5. The fraction of sp³-hybridized carbons (Fsp3) is 0.310. The smallest absolute Gasteiger partial charge is 0.269 e. The molecule has 1 aliphatic rings. The molecule has 2 aromatic carbocycles. The second-order valence-electron chi connectivity index (χ2n) is 10.3. The molecule has 0 N–H and O–H groups in total. The summed E-state index contributed by atoms with van der Waals surface area (Å²) in [6.45, 7) is 3.65. The largest absolute Gasteiger partial charge is 0.323 e. The highest BCUT2D eigenvalue weighted by Gasteiger charge is 2.28. The number of hydrogen-bond acceptors (Lipinski definition) is 6. The number of benzene rings is 2. The summed E-state index contributed by atoms with van der Waals surface area (Å²) in [6, 6.07) is 21.3. The zero-order valence-electron chi connectivity index (χ0n) is 21.7. The van der Waals surface area contributed by atoms with Gasteiger partial charge in [-0.2, -0.15) is 0 Å². The number of pyridine rings is 1. The Morgan fingerprint density at radius 3 is 2.32 bits per heavy atom. The molecule has 1 fully saturated rings. The quantitative estimate of drug-likeness (QED) is 0.309. The Labute approximate surface area is 223 Å². The maximum atomic E-state index is 13.5. The summed E-state index contributed by atoms with van der Waals surface area (Å²) >= 11 is 0. The van der Waals surface area contributed by atoms with Gasteiger partial charge in [-0.05, 0) is 50.7 Å². The van der Waals surface area contributed by atoms with Crippen LogP contribution >= 0.6 is 0 Å². The zero-order chi connectivity index (χ0) is 26.3. The second kappa shape index (κ2) is 9.98. The van der Waals surface area contributed by atoms with Gasteiger partial charge >= 0.3 is 0 Å². The average molecular weight is 529 g/mol.